The Balaban J connectivity index is 1.62. The normalized spacial score (nSPS) is 25.6. The fraction of sp³-hybridized carbons (Fsp3) is 0.556. The topological polar surface area (TPSA) is 176 Å². The SMILES string of the molecule is CCCN(C)c1nc(N)nc2c1ncn2[C@@H]1O[C@](F)(CO[P@@](=O)(N[C@@H](C)C(=O)OC(C)C)Oc2ccccc2)[C@@H](O)[C@@]1(C)F. The van der Waals surface area contributed by atoms with Gasteiger partial charge >= 0.3 is 13.7 Å². The number of aromatic nitrogens is 4. The minimum atomic E-state index is -4.57. The summed E-state index contributed by atoms with van der Waals surface area (Å²) in [5.74, 6) is -3.72. The molecule has 4 N–H and O–H groups in total. The number of imidazole rings is 1. The minimum absolute atomic E-state index is 0.0407. The van der Waals surface area contributed by atoms with E-state index in [4.69, 9.17) is 24.3 Å². The zero-order chi connectivity index (χ0) is 32.4. The van der Waals surface area contributed by atoms with Crippen molar-refractivity contribution < 1.29 is 41.8 Å². The molecule has 0 radical (unpaired) electrons. The van der Waals surface area contributed by atoms with Crippen molar-refractivity contribution in [2.75, 3.05) is 30.8 Å². The van der Waals surface area contributed by atoms with Crippen LogP contribution in [0.3, 0.4) is 0 Å². The Morgan fingerprint density at radius 1 is 1.27 bits per heavy atom. The Hall–Kier alpha value is -3.43. The van der Waals surface area contributed by atoms with Crippen molar-refractivity contribution in [3.63, 3.8) is 0 Å². The smallest absolute Gasteiger partial charge is 0.459 e. The number of hydrogen-bond donors (Lipinski definition) is 3. The Bertz CT molecular complexity index is 1510. The first-order valence-corrected chi connectivity index (χ1v) is 15.6. The van der Waals surface area contributed by atoms with Crippen molar-refractivity contribution in [3.8, 4) is 5.75 Å². The highest BCUT2D eigenvalue weighted by Crippen LogP contribution is 2.52. The van der Waals surface area contributed by atoms with Crippen LogP contribution in [0.5, 0.6) is 5.75 Å². The number of benzene rings is 1. The number of nitrogens with one attached hydrogen (secondary N) is 1. The number of aliphatic hydroxyl groups excluding tert-OH is 1. The fourth-order valence-electron chi connectivity index (χ4n) is 4.67. The van der Waals surface area contributed by atoms with E-state index in [0.717, 1.165) is 17.9 Å². The third-order valence-corrected chi connectivity index (χ3v) is 8.41. The van der Waals surface area contributed by atoms with Crippen LogP contribution in [0.1, 0.15) is 47.3 Å². The maximum atomic E-state index is 16.3. The molecule has 1 aromatic carbocycles. The number of nitrogens with two attached hydrogens (primary N) is 1. The second kappa shape index (κ2) is 12.9. The standard InChI is InChI=1S/C27H38F2N7O7P/c1-7-13-35(6)20-19-21(33-25(30)32-20)36(15-31-19)24-26(5,28)23(38)27(29,42-24)14-40-44(39,43-18-11-9-8-10-12-18)34-17(4)22(37)41-16(2)3/h8-12,15-17,23-24,38H,7,13-14H2,1-6H3,(H,34,39)(H2,30,32,33)/t17-,23-,24+,26+,27+,44-/m0/s1. The molecule has 1 fully saturated rings. The first kappa shape index (κ1) is 33.5. The molecular weight excluding hydrogens is 603 g/mol. The van der Waals surface area contributed by atoms with E-state index in [1.54, 1.807) is 44.0 Å². The summed E-state index contributed by atoms with van der Waals surface area (Å²) in [4.78, 5) is 26.9. The number of alkyl halides is 2. The minimum Gasteiger partial charge on any atom is -0.462 e. The lowest BCUT2D eigenvalue weighted by Gasteiger charge is -2.28. The number of nitrogen functional groups attached to an aromatic ring is 1. The van der Waals surface area contributed by atoms with Crippen LogP contribution < -0.4 is 20.2 Å². The largest absolute Gasteiger partial charge is 0.462 e. The molecule has 242 valence electrons. The monoisotopic (exact) mass is 641 g/mol. The molecule has 6 atom stereocenters. The van der Waals surface area contributed by atoms with Gasteiger partial charge in [-0.25, -0.2) is 18.3 Å². The van der Waals surface area contributed by atoms with Crippen LogP contribution in [0.2, 0.25) is 0 Å². The van der Waals surface area contributed by atoms with Gasteiger partial charge in [-0.1, -0.05) is 25.1 Å². The number of esters is 1. The Labute approximate surface area is 253 Å². The highest BCUT2D eigenvalue weighted by Gasteiger charge is 2.65. The molecular formula is C27H38F2N7O7P. The van der Waals surface area contributed by atoms with Crippen molar-refractivity contribution in [2.45, 2.75) is 77.0 Å². The predicted octanol–water partition coefficient (Wildman–Crippen LogP) is 3.67. The summed E-state index contributed by atoms with van der Waals surface area (Å²) in [6.07, 6.45) is -2.75. The van der Waals surface area contributed by atoms with Gasteiger partial charge in [-0.05, 0) is 46.2 Å². The zero-order valence-corrected chi connectivity index (χ0v) is 26.2. The lowest BCUT2D eigenvalue weighted by molar-refractivity contribution is -0.202. The first-order valence-electron chi connectivity index (χ1n) is 14.0. The van der Waals surface area contributed by atoms with Gasteiger partial charge in [-0.2, -0.15) is 15.1 Å². The van der Waals surface area contributed by atoms with E-state index in [-0.39, 0.29) is 22.9 Å². The van der Waals surface area contributed by atoms with Crippen LogP contribution in [0.4, 0.5) is 20.5 Å². The highest BCUT2D eigenvalue weighted by molar-refractivity contribution is 7.52. The third kappa shape index (κ3) is 6.94. The van der Waals surface area contributed by atoms with Gasteiger partial charge < -0.3 is 29.7 Å². The summed E-state index contributed by atoms with van der Waals surface area (Å²) in [6.45, 7) is 6.86. The molecule has 0 amide bonds. The summed E-state index contributed by atoms with van der Waals surface area (Å²) in [6, 6.07) is 6.55. The average Bonchev–Trinajstić information content (AvgIpc) is 3.44. The molecule has 4 rings (SSSR count). The van der Waals surface area contributed by atoms with Crippen molar-refractivity contribution in [1.82, 2.24) is 24.6 Å². The Kier molecular flexibility index (Phi) is 9.81. The molecule has 1 aliphatic heterocycles. The highest BCUT2D eigenvalue weighted by atomic mass is 31.2. The molecule has 0 unspecified atom stereocenters. The Morgan fingerprint density at radius 3 is 2.59 bits per heavy atom. The molecule has 3 heterocycles. The van der Waals surface area contributed by atoms with E-state index >= 15 is 8.78 Å². The van der Waals surface area contributed by atoms with E-state index in [2.05, 4.69) is 20.0 Å². The number of rotatable bonds is 13. The summed E-state index contributed by atoms with van der Waals surface area (Å²) in [5.41, 5.74) is 3.45. The van der Waals surface area contributed by atoms with Gasteiger partial charge in [0.1, 0.15) is 18.4 Å². The van der Waals surface area contributed by atoms with Crippen LogP contribution in [0, 0.1) is 0 Å². The van der Waals surface area contributed by atoms with Crippen molar-refractivity contribution >= 4 is 36.6 Å². The predicted molar refractivity (Wildman–Crippen MR) is 157 cm³/mol. The average molecular weight is 642 g/mol. The quantitative estimate of drug-likeness (QED) is 0.182. The number of halogens is 2. The number of aliphatic hydroxyl groups is 1. The van der Waals surface area contributed by atoms with E-state index in [9.17, 15) is 14.5 Å². The van der Waals surface area contributed by atoms with E-state index in [1.807, 2.05) is 6.92 Å². The summed E-state index contributed by atoms with van der Waals surface area (Å²) in [7, 11) is -2.80. The summed E-state index contributed by atoms with van der Waals surface area (Å²) >= 11 is 0. The lowest BCUT2D eigenvalue weighted by atomic mass is 9.97. The van der Waals surface area contributed by atoms with Crippen molar-refractivity contribution in [2.24, 2.45) is 0 Å². The van der Waals surface area contributed by atoms with Gasteiger partial charge in [0.25, 0.3) is 5.85 Å². The van der Waals surface area contributed by atoms with Crippen LogP contribution >= 0.6 is 7.75 Å². The van der Waals surface area contributed by atoms with Crippen LogP contribution in [0.15, 0.2) is 36.7 Å². The van der Waals surface area contributed by atoms with E-state index in [0.29, 0.717) is 12.4 Å². The second-order valence-corrected chi connectivity index (χ2v) is 12.7. The van der Waals surface area contributed by atoms with Gasteiger partial charge in [-0.3, -0.25) is 13.9 Å². The van der Waals surface area contributed by atoms with Crippen LogP contribution in [0.25, 0.3) is 11.2 Å². The third-order valence-electron chi connectivity index (χ3n) is 6.78. The summed E-state index contributed by atoms with van der Waals surface area (Å²) in [5, 5.41) is 13.3. The van der Waals surface area contributed by atoms with Crippen molar-refractivity contribution in [3.05, 3.63) is 36.7 Å². The Morgan fingerprint density at radius 2 is 1.95 bits per heavy atom. The molecule has 44 heavy (non-hydrogen) atoms. The number of nitrogens with zero attached hydrogens (tertiary/aromatic N) is 5. The molecule has 1 aliphatic rings. The maximum absolute atomic E-state index is 16.3. The number of carbonyl (C=O) groups excluding carboxylic acids is 1. The molecule has 2 aromatic heterocycles. The fourth-order valence-corrected chi connectivity index (χ4v) is 6.17. The van der Waals surface area contributed by atoms with Crippen LogP contribution in [-0.2, 0) is 23.4 Å². The number of ether oxygens (including phenoxy) is 2. The molecule has 1 saturated heterocycles. The molecule has 14 nitrogen and oxygen atoms in total. The number of fused-ring (bicyclic) bond motifs is 1. The lowest BCUT2D eigenvalue weighted by Crippen LogP contribution is -2.47. The van der Waals surface area contributed by atoms with E-state index < -0.39 is 56.3 Å². The maximum Gasteiger partial charge on any atom is 0.459 e. The van der Waals surface area contributed by atoms with Crippen molar-refractivity contribution in [1.29, 1.82) is 0 Å². The molecule has 0 saturated carbocycles. The zero-order valence-electron chi connectivity index (χ0n) is 25.3. The first-order chi connectivity index (χ1) is 20.6. The van der Waals surface area contributed by atoms with E-state index in [1.165, 1.54) is 25.4 Å². The molecule has 17 heteroatoms. The van der Waals surface area contributed by atoms with Gasteiger partial charge in [0, 0.05) is 13.6 Å². The van der Waals surface area contributed by atoms with Crippen LogP contribution in [-0.4, -0.2) is 80.6 Å². The summed E-state index contributed by atoms with van der Waals surface area (Å²) < 4.78 is 68.9. The molecule has 0 aliphatic carbocycles. The number of anilines is 2. The van der Waals surface area contributed by atoms with Gasteiger partial charge in [0.15, 0.2) is 35.0 Å². The number of carbonyl (C=O) groups is 1. The number of para-hydroxylation sites is 1. The number of hydrogen-bond acceptors (Lipinski definition) is 12. The molecule has 0 spiro atoms. The molecule has 3 aromatic rings. The molecule has 0 bridgehead atoms. The van der Waals surface area contributed by atoms with Gasteiger partial charge in [0.2, 0.25) is 5.95 Å². The van der Waals surface area contributed by atoms with Gasteiger partial charge in [0.05, 0.1) is 12.4 Å². The second-order valence-electron chi connectivity index (χ2n) is 11.0. The van der Waals surface area contributed by atoms with Gasteiger partial charge in [-0.15, -0.1) is 0 Å².